The zero-order valence-corrected chi connectivity index (χ0v) is 13.4. The van der Waals surface area contributed by atoms with Crippen LogP contribution in [-0.2, 0) is 0 Å². The number of para-hydroxylation sites is 1. The zero-order chi connectivity index (χ0) is 15.7. The Bertz CT molecular complexity index is 854. The van der Waals surface area contributed by atoms with Crippen LogP contribution in [0.1, 0.15) is 0 Å². The van der Waals surface area contributed by atoms with Gasteiger partial charge in [0.2, 0.25) is 0 Å². The summed E-state index contributed by atoms with van der Waals surface area (Å²) in [7, 11) is 3.35. The second-order valence-corrected chi connectivity index (χ2v) is 5.31. The van der Waals surface area contributed by atoms with Gasteiger partial charge in [0.25, 0.3) is 0 Å². The normalized spacial score (nSPS) is 10.7. The topological polar surface area (TPSA) is 59.9 Å². The van der Waals surface area contributed by atoms with Crippen molar-refractivity contribution in [2.24, 2.45) is 0 Å². The quantitative estimate of drug-likeness (QED) is 0.782. The minimum Gasteiger partial charge on any atom is -0.495 e. The molecule has 1 aromatic carbocycles. The number of halogens is 2. The van der Waals surface area contributed by atoms with E-state index >= 15 is 0 Å². The lowest BCUT2D eigenvalue weighted by atomic mass is 10.0. The average molecular weight is 335 g/mol. The molecule has 3 rings (SSSR count). The first-order valence-electron chi connectivity index (χ1n) is 6.48. The molecule has 0 unspecified atom stereocenters. The second kappa shape index (κ2) is 5.94. The molecule has 0 amide bonds. The van der Waals surface area contributed by atoms with Gasteiger partial charge in [0.15, 0.2) is 11.0 Å². The van der Waals surface area contributed by atoms with Crippen molar-refractivity contribution in [1.29, 1.82) is 0 Å². The van der Waals surface area contributed by atoms with Crippen LogP contribution >= 0.6 is 23.2 Å². The lowest BCUT2D eigenvalue weighted by Crippen LogP contribution is -1.99. The molecule has 2 aromatic heterocycles. The van der Waals surface area contributed by atoms with Crippen molar-refractivity contribution in [3.05, 3.63) is 40.6 Å². The molecule has 0 aliphatic heterocycles. The van der Waals surface area contributed by atoms with Crippen molar-refractivity contribution >= 4 is 39.9 Å². The number of fused-ring (bicyclic) bond motifs is 1. The van der Waals surface area contributed by atoms with Gasteiger partial charge in [-0.2, -0.15) is 0 Å². The molecule has 0 aliphatic rings. The van der Waals surface area contributed by atoms with Gasteiger partial charge in [0, 0.05) is 29.8 Å². The van der Waals surface area contributed by atoms with Gasteiger partial charge in [-0.25, -0.2) is 4.98 Å². The second-order valence-electron chi connectivity index (χ2n) is 4.52. The fourth-order valence-corrected chi connectivity index (χ4v) is 2.73. The van der Waals surface area contributed by atoms with E-state index in [1.165, 1.54) is 0 Å². The molecular weight excluding hydrogens is 323 g/mol. The van der Waals surface area contributed by atoms with E-state index in [0.717, 1.165) is 16.5 Å². The summed E-state index contributed by atoms with van der Waals surface area (Å²) in [6.45, 7) is 0. The zero-order valence-electron chi connectivity index (χ0n) is 11.9. The molecule has 0 saturated carbocycles. The smallest absolute Gasteiger partial charge is 0.154 e. The van der Waals surface area contributed by atoms with E-state index in [4.69, 9.17) is 27.9 Å². The first kappa shape index (κ1) is 14.8. The van der Waals surface area contributed by atoms with Crippen LogP contribution in [0.5, 0.6) is 5.75 Å². The molecule has 0 aliphatic carbocycles. The molecule has 0 atom stereocenters. The van der Waals surface area contributed by atoms with Crippen molar-refractivity contribution in [3.63, 3.8) is 0 Å². The van der Waals surface area contributed by atoms with E-state index in [9.17, 15) is 0 Å². The third-order valence-corrected chi connectivity index (χ3v) is 3.78. The van der Waals surface area contributed by atoms with Crippen molar-refractivity contribution in [2.75, 3.05) is 19.5 Å². The fourth-order valence-electron chi connectivity index (χ4n) is 2.33. The van der Waals surface area contributed by atoms with Crippen molar-refractivity contribution in [3.8, 4) is 16.9 Å². The molecule has 0 spiro atoms. The van der Waals surface area contributed by atoms with Crippen LogP contribution in [0.3, 0.4) is 0 Å². The lowest BCUT2D eigenvalue weighted by molar-refractivity contribution is 0.416. The molecule has 7 heteroatoms. The standard InChI is InChI=1S/C15H12Cl2N4O/c1-18-15-13-9(6-12(17)20-21-13)10(7-19-15)8-4-3-5-11(16)14(8)22-2/h3-7H,1-2H3,(H,18,19). The summed E-state index contributed by atoms with van der Waals surface area (Å²) in [6.07, 6.45) is 1.74. The Morgan fingerprint density at radius 2 is 1.95 bits per heavy atom. The molecule has 0 radical (unpaired) electrons. The van der Waals surface area contributed by atoms with Crippen molar-refractivity contribution < 1.29 is 4.74 Å². The van der Waals surface area contributed by atoms with Crippen LogP contribution in [0.25, 0.3) is 22.0 Å². The number of nitrogens with zero attached hydrogens (tertiary/aromatic N) is 3. The highest BCUT2D eigenvalue weighted by Gasteiger charge is 2.16. The Morgan fingerprint density at radius 3 is 2.68 bits per heavy atom. The molecule has 3 aromatic rings. The molecule has 112 valence electrons. The van der Waals surface area contributed by atoms with Crippen LogP contribution < -0.4 is 10.1 Å². The monoisotopic (exact) mass is 334 g/mol. The lowest BCUT2D eigenvalue weighted by Gasteiger charge is -2.13. The average Bonchev–Trinajstić information content (AvgIpc) is 2.53. The number of hydrogen-bond donors (Lipinski definition) is 1. The van der Waals surface area contributed by atoms with Crippen LogP contribution in [0.15, 0.2) is 30.5 Å². The van der Waals surface area contributed by atoms with Crippen LogP contribution in [-0.4, -0.2) is 29.3 Å². The maximum atomic E-state index is 6.21. The first-order valence-corrected chi connectivity index (χ1v) is 7.24. The Kier molecular flexibility index (Phi) is 4.00. The summed E-state index contributed by atoms with van der Waals surface area (Å²) in [5.74, 6) is 1.21. The van der Waals surface area contributed by atoms with E-state index in [-0.39, 0.29) is 0 Å². The predicted octanol–water partition coefficient (Wildman–Crippen LogP) is 4.05. The SMILES string of the molecule is CNc1ncc(-c2cccc(Cl)c2OC)c2cc(Cl)nnc12. The third-order valence-electron chi connectivity index (χ3n) is 3.30. The van der Waals surface area contributed by atoms with Crippen LogP contribution in [0.2, 0.25) is 10.2 Å². The molecule has 0 saturated heterocycles. The van der Waals surface area contributed by atoms with Gasteiger partial charge < -0.3 is 10.1 Å². The summed E-state index contributed by atoms with van der Waals surface area (Å²) in [4.78, 5) is 4.38. The number of hydrogen-bond acceptors (Lipinski definition) is 5. The van der Waals surface area contributed by atoms with Gasteiger partial charge in [-0.05, 0) is 12.1 Å². The minimum atomic E-state index is 0.308. The number of rotatable bonds is 3. The number of methoxy groups -OCH3 is 1. The highest BCUT2D eigenvalue weighted by molar-refractivity contribution is 6.32. The maximum Gasteiger partial charge on any atom is 0.154 e. The molecular formula is C15H12Cl2N4O. The summed E-state index contributed by atoms with van der Waals surface area (Å²) in [5.41, 5.74) is 2.27. The highest BCUT2D eigenvalue weighted by Crippen LogP contribution is 2.39. The van der Waals surface area contributed by atoms with Gasteiger partial charge in [-0.15, -0.1) is 10.2 Å². The Morgan fingerprint density at radius 1 is 1.14 bits per heavy atom. The predicted molar refractivity (Wildman–Crippen MR) is 88.9 cm³/mol. The summed E-state index contributed by atoms with van der Waals surface area (Å²) in [5, 5.41) is 12.7. The van der Waals surface area contributed by atoms with Crippen molar-refractivity contribution in [2.45, 2.75) is 0 Å². The minimum absolute atomic E-state index is 0.308. The van der Waals surface area contributed by atoms with Crippen molar-refractivity contribution in [1.82, 2.24) is 15.2 Å². The summed E-state index contributed by atoms with van der Waals surface area (Å²) < 4.78 is 5.42. The van der Waals surface area contributed by atoms with E-state index < -0.39 is 0 Å². The maximum absolute atomic E-state index is 6.21. The molecule has 5 nitrogen and oxygen atoms in total. The Hall–Kier alpha value is -2.11. The Balaban J connectivity index is 2.37. The van der Waals surface area contributed by atoms with Gasteiger partial charge in [-0.3, -0.25) is 0 Å². The number of nitrogens with one attached hydrogen (secondary N) is 1. The van der Waals surface area contributed by atoms with Gasteiger partial charge in [0.1, 0.15) is 11.3 Å². The molecule has 22 heavy (non-hydrogen) atoms. The number of aromatic nitrogens is 3. The molecule has 2 heterocycles. The largest absolute Gasteiger partial charge is 0.495 e. The number of ether oxygens (including phenoxy) is 1. The molecule has 0 fully saturated rings. The number of anilines is 1. The van der Waals surface area contributed by atoms with Crippen LogP contribution in [0, 0.1) is 0 Å². The Labute approximate surface area is 137 Å². The van der Waals surface area contributed by atoms with Crippen LogP contribution in [0.4, 0.5) is 5.82 Å². The number of benzene rings is 1. The van der Waals surface area contributed by atoms with E-state index in [1.54, 1.807) is 32.5 Å². The first-order chi connectivity index (χ1) is 10.7. The third kappa shape index (κ3) is 2.42. The number of pyridine rings is 1. The van der Waals surface area contributed by atoms with E-state index in [1.807, 2.05) is 12.1 Å². The highest BCUT2D eigenvalue weighted by atomic mass is 35.5. The molecule has 1 N–H and O–H groups in total. The molecule has 0 bridgehead atoms. The fraction of sp³-hybridized carbons (Fsp3) is 0.133. The van der Waals surface area contributed by atoms with E-state index in [2.05, 4.69) is 20.5 Å². The summed E-state index contributed by atoms with van der Waals surface area (Å²) in [6, 6.07) is 7.29. The van der Waals surface area contributed by atoms with Gasteiger partial charge in [0.05, 0.1) is 12.1 Å². The van der Waals surface area contributed by atoms with Gasteiger partial charge in [-0.1, -0.05) is 35.3 Å². The van der Waals surface area contributed by atoms with Gasteiger partial charge >= 0.3 is 0 Å². The summed E-state index contributed by atoms with van der Waals surface area (Å²) >= 11 is 12.2. The van der Waals surface area contributed by atoms with E-state index in [0.29, 0.717) is 27.3 Å².